The molecule has 1 heterocycles. The van der Waals surface area contributed by atoms with E-state index in [1.165, 1.54) is 11.1 Å². The first kappa shape index (κ1) is 20.2. The Morgan fingerprint density at radius 1 is 1.08 bits per heavy atom. The van der Waals surface area contributed by atoms with Gasteiger partial charge in [0.25, 0.3) is 0 Å². The van der Waals surface area contributed by atoms with Gasteiger partial charge < -0.3 is 15.4 Å². The lowest BCUT2D eigenvalue weighted by molar-refractivity contribution is 0.0657. The molecule has 0 aliphatic heterocycles. The molecule has 6 heteroatoms. The van der Waals surface area contributed by atoms with E-state index in [0.717, 1.165) is 24.5 Å². The molecule has 0 fully saturated rings. The van der Waals surface area contributed by atoms with E-state index in [4.69, 9.17) is 16.3 Å². The molecule has 0 saturated carbocycles. The van der Waals surface area contributed by atoms with E-state index in [9.17, 15) is 0 Å². The smallest absolute Gasteiger partial charge is 0.191 e. The van der Waals surface area contributed by atoms with Crippen molar-refractivity contribution in [1.82, 2.24) is 15.6 Å². The number of halogens is 1. The van der Waals surface area contributed by atoms with Crippen LogP contribution in [0.5, 0.6) is 0 Å². The molecule has 1 aromatic heterocycles. The lowest BCUT2D eigenvalue weighted by Crippen LogP contribution is -2.37. The van der Waals surface area contributed by atoms with Gasteiger partial charge in [0.1, 0.15) is 5.15 Å². The van der Waals surface area contributed by atoms with Crippen LogP contribution < -0.4 is 10.6 Å². The van der Waals surface area contributed by atoms with Gasteiger partial charge in [-0.05, 0) is 43.0 Å². The molecule has 2 aromatic rings. The van der Waals surface area contributed by atoms with Gasteiger partial charge in [0.2, 0.25) is 0 Å². The van der Waals surface area contributed by atoms with Crippen LogP contribution >= 0.6 is 11.6 Å². The van der Waals surface area contributed by atoms with Gasteiger partial charge >= 0.3 is 0 Å². The molecule has 0 aliphatic rings. The Kier molecular flexibility index (Phi) is 8.38. The molecule has 140 valence electrons. The van der Waals surface area contributed by atoms with Gasteiger partial charge in [-0.25, -0.2) is 4.98 Å². The third-order valence-corrected chi connectivity index (χ3v) is 4.01. The molecule has 0 aliphatic carbocycles. The summed E-state index contributed by atoms with van der Waals surface area (Å²) >= 11 is 5.80. The van der Waals surface area contributed by atoms with Crippen LogP contribution in [0.25, 0.3) is 0 Å². The fourth-order valence-corrected chi connectivity index (χ4v) is 2.41. The van der Waals surface area contributed by atoms with Crippen LogP contribution in [0, 0.1) is 0 Å². The Labute approximate surface area is 160 Å². The Balaban J connectivity index is 1.73. The van der Waals surface area contributed by atoms with Gasteiger partial charge in [-0.15, -0.1) is 0 Å². The van der Waals surface area contributed by atoms with Gasteiger partial charge in [-0.3, -0.25) is 4.99 Å². The van der Waals surface area contributed by atoms with Crippen LogP contribution in [-0.4, -0.2) is 30.6 Å². The topological polar surface area (TPSA) is 58.5 Å². The maximum absolute atomic E-state index is 5.80. The number of guanidine groups is 1. The fourth-order valence-electron chi connectivity index (χ4n) is 2.30. The molecule has 26 heavy (non-hydrogen) atoms. The first-order chi connectivity index (χ1) is 12.6. The molecule has 5 nitrogen and oxygen atoms in total. The second kappa shape index (κ2) is 10.8. The second-order valence-corrected chi connectivity index (χ2v) is 6.66. The highest BCUT2D eigenvalue weighted by Gasteiger charge is 2.01. The number of hydrogen-bond donors (Lipinski definition) is 2. The lowest BCUT2D eigenvalue weighted by Gasteiger charge is -2.12. The summed E-state index contributed by atoms with van der Waals surface area (Å²) in [7, 11) is 1.77. The van der Waals surface area contributed by atoms with Crippen LogP contribution in [0.4, 0.5) is 0 Å². The summed E-state index contributed by atoms with van der Waals surface area (Å²) < 4.78 is 5.61. The SMILES string of the molecule is CN=C(NCCc1ccc(Cl)nc1)NCc1ccc(COC(C)C)cc1. The Hall–Kier alpha value is -2.11. The summed E-state index contributed by atoms with van der Waals surface area (Å²) in [6, 6.07) is 12.2. The highest BCUT2D eigenvalue weighted by molar-refractivity contribution is 6.29. The summed E-state index contributed by atoms with van der Waals surface area (Å²) in [5.74, 6) is 0.777. The molecule has 0 spiro atoms. The predicted octanol–water partition coefficient (Wildman–Crippen LogP) is 3.57. The maximum atomic E-state index is 5.80. The van der Waals surface area contributed by atoms with Gasteiger partial charge in [0, 0.05) is 26.3 Å². The van der Waals surface area contributed by atoms with Crippen molar-refractivity contribution in [3.63, 3.8) is 0 Å². The zero-order valence-corrected chi connectivity index (χ0v) is 16.4. The third kappa shape index (κ3) is 7.42. The van der Waals surface area contributed by atoms with Crippen molar-refractivity contribution in [1.29, 1.82) is 0 Å². The molecule has 2 rings (SSSR count). The summed E-state index contributed by atoms with van der Waals surface area (Å²) in [6.07, 6.45) is 2.90. The van der Waals surface area contributed by atoms with E-state index in [1.807, 2.05) is 19.9 Å². The van der Waals surface area contributed by atoms with Gasteiger partial charge in [0.05, 0.1) is 12.7 Å². The van der Waals surface area contributed by atoms with Crippen molar-refractivity contribution in [2.45, 2.75) is 39.5 Å². The zero-order chi connectivity index (χ0) is 18.8. The van der Waals surface area contributed by atoms with Crippen molar-refractivity contribution in [2.75, 3.05) is 13.6 Å². The van der Waals surface area contributed by atoms with E-state index in [0.29, 0.717) is 18.3 Å². The average Bonchev–Trinajstić information content (AvgIpc) is 2.65. The number of pyridine rings is 1. The first-order valence-electron chi connectivity index (χ1n) is 8.81. The number of hydrogen-bond acceptors (Lipinski definition) is 3. The van der Waals surface area contributed by atoms with Crippen molar-refractivity contribution in [3.8, 4) is 0 Å². The predicted molar refractivity (Wildman–Crippen MR) is 108 cm³/mol. The standard InChI is InChI=1S/C20H27ClN4O/c1-15(2)26-14-18-6-4-16(5-7-18)13-25-20(22-3)23-11-10-17-8-9-19(21)24-12-17/h4-9,12,15H,10-11,13-14H2,1-3H3,(H2,22,23,25). The van der Waals surface area contributed by atoms with Gasteiger partial charge in [-0.1, -0.05) is 41.9 Å². The molecular formula is C20H27ClN4O. The van der Waals surface area contributed by atoms with E-state index in [2.05, 4.69) is 44.9 Å². The maximum Gasteiger partial charge on any atom is 0.191 e. The molecule has 0 bridgehead atoms. The van der Waals surface area contributed by atoms with Gasteiger partial charge in [0.15, 0.2) is 5.96 Å². The minimum atomic E-state index is 0.245. The number of aromatic nitrogens is 1. The van der Waals surface area contributed by atoms with Crippen molar-refractivity contribution in [2.24, 2.45) is 4.99 Å². The molecule has 2 N–H and O–H groups in total. The Bertz CT molecular complexity index is 684. The monoisotopic (exact) mass is 374 g/mol. The molecule has 0 radical (unpaired) electrons. The quantitative estimate of drug-likeness (QED) is 0.421. The molecule has 0 unspecified atom stereocenters. The number of benzene rings is 1. The molecular weight excluding hydrogens is 348 g/mol. The largest absolute Gasteiger partial charge is 0.374 e. The summed E-state index contributed by atoms with van der Waals surface area (Å²) in [5, 5.41) is 7.14. The van der Waals surface area contributed by atoms with E-state index in [1.54, 1.807) is 19.3 Å². The minimum absolute atomic E-state index is 0.245. The molecule has 0 amide bonds. The number of nitrogens with zero attached hydrogens (tertiary/aromatic N) is 2. The fraction of sp³-hybridized carbons (Fsp3) is 0.400. The lowest BCUT2D eigenvalue weighted by atomic mass is 10.1. The van der Waals surface area contributed by atoms with E-state index >= 15 is 0 Å². The zero-order valence-electron chi connectivity index (χ0n) is 15.6. The average molecular weight is 375 g/mol. The highest BCUT2D eigenvalue weighted by atomic mass is 35.5. The van der Waals surface area contributed by atoms with Crippen LogP contribution in [0.3, 0.4) is 0 Å². The van der Waals surface area contributed by atoms with Gasteiger partial charge in [-0.2, -0.15) is 0 Å². The van der Waals surface area contributed by atoms with Crippen molar-refractivity contribution >= 4 is 17.6 Å². The Morgan fingerprint density at radius 3 is 2.38 bits per heavy atom. The summed E-state index contributed by atoms with van der Waals surface area (Å²) in [6.45, 7) is 6.22. The van der Waals surface area contributed by atoms with Crippen LogP contribution in [0.15, 0.2) is 47.6 Å². The molecule has 0 saturated heterocycles. The normalized spacial score (nSPS) is 11.7. The number of ether oxygens (including phenoxy) is 1. The number of aliphatic imine (C=N–C) groups is 1. The molecule has 1 aromatic carbocycles. The minimum Gasteiger partial charge on any atom is -0.374 e. The highest BCUT2D eigenvalue weighted by Crippen LogP contribution is 2.07. The summed E-state index contributed by atoms with van der Waals surface area (Å²) in [4.78, 5) is 8.34. The van der Waals surface area contributed by atoms with Crippen molar-refractivity contribution < 1.29 is 4.74 Å². The number of nitrogens with one attached hydrogen (secondary N) is 2. The van der Waals surface area contributed by atoms with Crippen LogP contribution in [0.2, 0.25) is 5.15 Å². The van der Waals surface area contributed by atoms with Crippen LogP contribution in [-0.2, 0) is 24.3 Å². The third-order valence-electron chi connectivity index (χ3n) is 3.78. The molecule has 0 atom stereocenters. The van der Waals surface area contributed by atoms with Crippen LogP contribution in [0.1, 0.15) is 30.5 Å². The van der Waals surface area contributed by atoms with E-state index in [-0.39, 0.29) is 6.10 Å². The number of rotatable bonds is 8. The Morgan fingerprint density at radius 2 is 1.77 bits per heavy atom. The van der Waals surface area contributed by atoms with E-state index < -0.39 is 0 Å². The first-order valence-corrected chi connectivity index (χ1v) is 9.19. The van der Waals surface area contributed by atoms with Crippen molar-refractivity contribution in [3.05, 3.63) is 64.4 Å². The summed E-state index contributed by atoms with van der Waals surface area (Å²) in [5.41, 5.74) is 3.52. The second-order valence-electron chi connectivity index (χ2n) is 6.27.